The number of ether oxygens (including phenoxy) is 1. The van der Waals surface area contributed by atoms with Crippen molar-refractivity contribution < 1.29 is 4.74 Å². The van der Waals surface area contributed by atoms with E-state index >= 15 is 0 Å². The van der Waals surface area contributed by atoms with Gasteiger partial charge in [0.15, 0.2) is 0 Å². The second-order valence-electron chi connectivity index (χ2n) is 10.3. The molecule has 190 valence electrons. The molecule has 0 aromatic carbocycles. The summed E-state index contributed by atoms with van der Waals surface area (Å²) in [4.78, 5) is 29.1. The van der Waals surface area contributed by atoms with Crippen molar-refractivity contribution in [1.82, 2.24) is 24.8 Å². The summed E-state index contributed by atoms with van der Waals surface area (Å²) in [6.07, 6.45) is 5.06. The van der Waals surface area contributed by atoms with Gasteiger partial charge in [-0.2, -0.15) is 0 Å². The molecule has 2 saturated heterocycles. The van der Waals surface area contributed by atoms with Crippen LogP contribution < -0.4 is 20.7 Å². The number of pyridine rings is 3. The number of aromatic nitrogens is 3. The van der Waals surface area contributed by atoms with E-state index in [4.69, 9.17) is 9.72 Å². The van der Waals surface area contributed by atoms with Crippen LogP contribution in [0.5, 0.6) is 0 Å². The first-order valence-electron chi connectivity index (χ1n) is 13.1. The molecule has 0 aliphatic carbocycles. The molecule has 0 spiro atoms. The van der Waals surface area contributed by atoms with Crippen LogP contribution in [0.1, 0.15) is 18.1 Å². The van der Waals surface area contributed by atoms with E-state index in [0.717, 1.165) is 87.9 Å². The molecule has 36 heavy (non-hydrogen) atoms. The number of fused-ring (bicyclic) bond motifs is 2. The minimum Gasteiger partial charge on any atom is -0.370 e. The van der Waals surface area contributed by atoms with Gasteiger partial charge in [-0.25, -0.2) is 9.97 Å². The number of anilines is 2. The maximum absolute atomic E-state index is 12.6. The van der Waals surface area contributed by atoms with Crippen LogP contribution in [0.2, 0.25) is 0 Å². The van der Waals surface area contributed by atoms with Crippen LogP contribution in [0, 0.1) is 0 Å². The Balaban J connectivity index is 1.12. The SMILES string of the molecule is CC1CN(c2cc(=O)n(C)c3ncccc23)CC(CN2CCN(c3cc4c(cn3)CCNC4)CC2)O1. The van der Waals surface area contributed by atoms with Gasteiger partial charge < -0.3 is 19.9 Å². The summed E-state index contributed by atoms with van der Waals surface area (Å²) in [6, 6.07) is 8.00. The molecule has 3 aromatic heterocycles. The number of hydrogen-bond acceptors (Lipinski definition) is 8. The van der Waals surface area contributed by atoms with Crippen LogP contribution in [0.15, 0.2) is 41.5 Å². The summed E-state index contributed by atoms with van der Waals surface area (Å²) in [5.41, 5.74) is 4.41. The largest absolute Gasteiger partial charge is 0.370 e. The minimum atomic E-state index is -0.0328. The van der Waals surface area contributed by atoms with E-state index in [0.29, 0.717) is 0 Å². The molecule has 0 saturated carbocycles. The Morgan fingerprint density at radius 2 is 1.94 bits per heavy atom. The molecule has 6 rings (SSSR count). The highest BCUT2D eigenvalue weighted by Gasteiger charge is 2.30. The van der Waals surface area contributed by atoms with Crippen molar-refractivity contribution in [3.8, 4) is 0 Å². The molecular formula is C27H35N7O2. The molecule has 3 aliphatic heterocycles. The Hall–Kier alpha value is -3.01. The molecular weight excluding hydrogens is 454 g/mol. The average Bonchev–Trinajstić information content (AvgIpc) is 2.90. The summed E-state index contributed by atoms with van der Waals surface area (Å²) in [5.74, 6) is 1.09. The molecule has 0 bridgehead atoms. The van der Waals surface area contributed by atoms with Gasteiger partial charge in [-0.15, -0.1) is 0 Å². The maximum atomic E-state index is 12.6. The van der Waals surface area contributed by atoms with E-state index in [-0.39, 0.29) is 17.8 Å². The van der Waals surface area contributed by atoms with Crippen molar-refractivity contribution in [2.24, 2.45) is 7.05 Å². The monoisotopic (exact) mass is 489 g/mol. The fourth-order valence-corrected chi connectivity index (χ4v) is 5.83. The predicted molar refractivity (Wildman–Crippen MR) is 142 cm³/mol. The Kier molecular flexibility index (Phi) is 6.37. The second kappa shape index (κ2) is 9.80. The zero-order chi connectivity index (χ0) is 24.6. The Bertz CT molecular complexity index is 1300. The topological polar surface area (TPSA) is 78.8 Å². The van der Waals surface area contributed by atoms with Crippen LogP contribution in [0.4, 0.5) is 11.5 Å². The van der Waals surface area contributed by atoms with Gasteiger partial charge in [-0.3, -0.25) is 14.3 Å². The fourth-order valence-electron chi connectivity index (χ4n) is 5.83. The predicted octanol–water partition coefficient (Wildman–Crippen LogP) is 1.39. The number of rotatable bonds is 4. The fraction of sp³-hybridized carbons (Fsp3) is 0.519. The molecule has 2 fully saturated rings. The van der Waals surface area contributed by atoms with Crippen LogP contribution in [0.3, 0.4) is 0 Å². The van der Waals surface area contributed by atoms with E-state index < -0.39 is 0 Å². The Morgan fingerprint density at radius 1 is 1.08 bits per heavy atom. The standard InChI is InChI=1S/C27H35N7O2/c1-19-16-34(24-13-26(35)31(2)27-23(24)4-3-6-29-27)18-22(36-19)17-32-8-10-33(11-9-32)25-12-21-14-28-7-5-20(21)15-30-25/h3-4,6,12-13,15,19,22,28H,5,7-11,14,16-18H2,1-2H3. The third-order valence-electron chi connectivity index (χ3n) is 7.75. The van der Waals surface area contributed by atoms with Crippen molar-refractivity contribution in [3.05, 3.63) is 58.1 Å². The lowest BCUT2D eigenvalue weighted by atomic mass is 10.0. The van der Waals surface area contributed by atoms with Gasteiger partial charge in [0.2, 0.25) is 0 Å². The zero-order valence-electron chi connectivity index (χ0n) is 21.2. The van der Waals surface area contributed by atoms with Gasteiger partial charge in [-0.05, 0) is 49.2 Å². The third kappa shape index (κ3) is 4.58. The van der Waals surface area contributed by atoms with Crippen LogP contribution in [0.25, 0.3) is 11.0 Å². The van der Waals surface area contributed by atoms with Crippen LogP contribution in [-0.2, 0) is 24.8 Å². The molecule has 1 N–H and O–H groups in total. The first kappa shape index (κ1) is 23.4. The lowest BCUT2D eigenvalue weighted by molar-refractivity contribution is -0.0327. The van der Waals surface area contributed by atoms with Gasteiger partial charge in [0.25, 0.3) is 5.56 Å². The van der Waals surface area contributed by atoms with Gasteiger partial charge in [0, 0.05) is 83.3 Å². The summed E-state index contributed by atoms with van der Waals surface area (Å²) in [6.45, 7) is 10.4. The molecule has 3 aliphatic rings. The van der Waals surface area contributed by atoms with Gasteiger partial charge >= 0.3 is 0 Å². The number of aryl methyl sites for hydroxylation is 1. The molecule has 3 aromatic rings. The highest BCUT2D eigenvalue weighted by Crippen LogP contribution is 2.27. The molecule has 2 atom stereocenters. The second-order valence-corrected chi connectivity index (χ2v) is 10.3. The quantitative estimate of drug-likeness (QED) is 0.589. The number of nitrogens with zero attached hydrogens (tertiary/aromatic N) is 6. The zero-order valence-corrected chi connectivity index (χ0v) is 21.2. The number of morpholine rings is 1. The molecule has 9 nitrogen and oxygen atoms in total. The summed E-state index contributed by atoms with van der Waals surface area (Å²) >= 11 is 0. The number of hydrogen-bond donors (Lipinski definition) is 1. The third-order valence-corrected chi connectivity index (χ3v) is 7.75. The molecule has 9 heteroatoms. The number of piperazine rings is 1. The normalized spacial score (nSPS) is 23.2. The van der Waals surface area contributed by atoms with Gasteiger partial charge in [0.05, 0.1) is 17.9 Å². The van der Waals surface area contributed by atoms with E-state index in [1.54, 1.807) is 23.9 Å². The van der Waals surface area contributed by atoms with Crippen molar-refractivity contribution in [1.29, 1.82) is 0 Å². The molecule has 6 heterocycles. The van der Waals surface area contributed by atoms with Crippen LogP contribution in [-0.4, -0.2) is 84.0 Å². The highest BCUT2D eigenvalue weighted by molar-refractivity contribution is 5.89. The first-order valence-corrected chi connectivity index (χ1v) is 13.1. The molecule has 2 unspecified atom stereocenters. The average molecular weight is 490 g/mol. The lowest BCUT2D eigenvalue weighted by Crippen LogP contribution is -2.54. The van der Waals surface area contributed by atoms with E-state index in [2.05, 4.69) is 50.3 Å². The Labute approximate surface area is 211 Å². The van der Waals surface area contributed by atoms with Crippen LogP contribution >= 0.6 is 0 Å². The van der Waals surface area contributed by atoms with E-state index in [1.807, 2.05) is 6.07 Å². The van der Waals surface area contributed by atoms with E-state index in [9.17, 15) is 4.79 Å². The molecule has 0 radical (unpaired) electrons. The highest BCUT2D eigenvalue weighted by atomic mass is 16.5. The maximum Gasteiger partial charge on any atom is 0.253 e. The first-order chi connectivity index (χ1) is 17.5. The number of nitrogens with one attached hydrogen (secondary N) is 1. The van der Waals surface area contributed by atoms with Crippen molar-refractivity contribution in [2.75, 3.05) is 62.2 Å². The van der Waals surface area contributed by atoms with Crippen molar-refractivity contribution in [2.45, 2.75) is 32.1 Å². The van der Waals surface area contributed by atoms with Crippen molar-refractivity contribution >= 4 is 22.5 Å². The van der Waals surface area contributed by atoms with Gasteiger partial charge in [0.1, 0.15) is 11.5 Å². The Morgan fingerprint density at radius 3 is 2.81 bits per heavy atom. The lowest BCUT2D eigenvalue weighted by Gasteiger charge is -2.42. The summed E-state index contributed by atoms with van der Waals surface area (Å²) in [5, 5.41) is 4.47. The summed E-state index contributed by atoms with van der Waals surface area (Å²) < 4.78 is 7.98. The summed E-state index contributed by atoms with van der Waals surface area (Å²) in [7, 11) is 1.78. The van der Waals surface area contributed by atoms with Gasteiger partial charge in [-0.1, -0.05) is 0 Å². The van der Waals surface area contributed by atoms with E-state index in [1.165, 1.54) is 11.1 Å². The minimum absolute atomic E-state index is 0.0328. The van der Waals surface area contributed by atoms with Crippen molar-refractivity contribution in [3.63, 3.8) is 0 Å². The molecule has 0 amide bonds. The smallest absolute Gasteiger partial charge is 0.253 e.